The lowest BCUT2D eigenvalue weighted by Crippen LogP contribution is -1.94. The highest BCUT2D eigenvalue weighted by Gasteiger charge is 2.07. The standard InChI is InChI=1S/C9H6N2O3/c12-4-6-1-5-2-7(9(13)14)11-8(5)3-10-6/h1-4,11H,(H,13,14). The third kappa shape index (κ3) is 1.24. The lowest BCUT2D eigenvalue weighted by atomic mass is 10.2. The van der Waals surface area contributed by atoms with Crippen LogP contribution in [0.1, 0.15) is 21.0 Å². The van der Waals surface area contributed by atoms with Crippen LogP contribution in [0.15, 0.2) is 18.3 Å². The smallest absolute Gasteiger partial charge is 0.352 e. The zero-order chi connectivity index (χ0) is 10.1. The van der Waals surface area contributed by atoms with Gasteiger partial charge < -0.3 is 10.1 Å². The fraction of sp³-hybridized carbons (Fsp3) is 0. The van der Waals surface area contributed by atoms with Crippen molar-refractivity contribution < 1.29 is 14.7 Å². The Morgan fingerprint density at radius 1 is 1.50 bits per heavy atom. The molecule has 0 atom stereocenters. The molecular weight excluding hydrogens is 184 g/mol. The summed E-state index contributed by atoms with van der Waals surface area (Å²) in [6.45, 7) is 0. The summed E-state index contributed by atoms with van der Waals surface area (Å²) >= 11 is 0. The first-order valence-electron chi connectivity index (χ1n) is 3.88. The average Bonchev–Trinajstić information content (AvgIpc) is 2.59. The highest BCUT2D eigenvalue weighted by Crippen LogP contribution is 2.14. The third-order valence-corrected chi connectivity index (χ3v) is 1.88. The number of nitrogens with one attached hydrogen (secondary N) is 1. The van der Waals surface area contributed by atoms with Gasteiger partial charge in [0.1, 0.15) is 11.4 Å². The fourth-order valence-electron chi connectivity index (χ4n) is 1.23. The molecule has 0 fully saturated rings. The quantitative estimate of drug-likeness (QED) is 0.694. The van der Waals surface area contributed by atoms with Gasteiger partial charge in [0.05, 0.1) is 11.7 Å². The Bertz CT molecular complexity index is 516. The second-order valence-corrected chi connectivity index (χ2v) is 2.80. The molecule has 0 aliphatic carbocycles. The number of carbonyl (C=O) groups excluding carboxylic acids is 1. The lowest BCUT2D eigenvalue weighted by molar-refractivity contribution is 0.0691. The molecule has 2 heterocycles. The van der Waals surface area contributed by atoms with E-state index in [1.807, 2.05) is 0 Å². The SMILES string of the molecule is O=Cc1cc2cc(C(=O)O)[nH]c2cn1. The molecule has 5 nitrogen and oxygen atoms in total. The molecule has 2 N–H and O–H groups in total. The summed E-state index contributed by atoms with van der Waals surface area (Å²) in [4.78, 5) is 27.5. The van der Waals surface area contributed by atoms with Crippen molar-refractivity contribution in [2.45, 2.75) is 0 Å². The molecule has 5 heteroatoms. The summed E-state index contributed by atoms with van der Waals surface area (Å²) in [6.07, 6.45) is 2.05. The number of pyridine rings is 1. The molecule has 14 heavy (non-hydrogen) atoms. The van der Waals surface area contributed by atoms with Crippen LogP contribution < -0.4 is 0 Å². The summed E-state index contributed by atoms with van der Waals surface area (Å²) in [5, 5.41) is 9.36. The Balaban J connectivity index is 2.65. The van der Waals surface area contributed by atoms with E-state index in [4.69, 9.17) is 5.11 Å². The molecule has 2 aromatic rings. The molecule has 2 aromatic heterocycles. The first-order valence-corrected chi connectivity index (χ1v) is 3.88. The summed E-state index contributed by atoms with van der Waals surface area (Å²) in [6, 6.07) is 3.00. The van der Waals surface area contributed by atoms with Gasteiger partial charge in [-0.2, -0.15) is 0 Å². The normalized spacial score (nSPS) is 10.3. The van der Waals surface area contributed by atoms with Crippen molar-refractivity contribution in [3.8, 4) is 0 Å². The second kappa shape index (κ2) is 2.95. The first-order chi connectivity index (χ1) is 6.70. The van der Waals surface area contributed by atoms with Crippen molar-refractivity contribution in [2.75, 3.05) is 0 Å². The predicted octanol–water partition coefficient (Wildman–Crippen LogP) is 1.07. The van der Waals surface area contributed by atoms with E-state index < -0.39 is 5.97 Å². The molecule has 2 rings (SSSR count). The van der Waals surface area contributed by atoms with Crippen molar-refractivity contribution in [1.29, 1.82) is 0 Å². The van der Waals surface area contributed by atoms with Crippen LogP contribution in [0.25, 0.3) is 10.9 Å². The number of carboxylic acid groups (broad SMARTS) is 1. The molecule has 0 aliphatic rings. The van der Waals surface area contributed by atoms with E-state index in [-0.39, 0.29) is 11.4 Å². The van der Waals surface area contributed by atoms with Gasteiger partial charge in [-0.1, -0.05) is 0 Å². The number of carbonyl (C=O) groups is 2. The van der Waals surface area contributed by atoms with Gasteiger partial charge in [0.15, 0.2) is 6.29 Å². The zero-order valence-corrected chi connectivity index (χ0v) is 7.02. The molecule has 0 saturated carbocycles. The molecule has 0 unspecified atom stereocenters. The van der Waals surface area contributed by atoms with E-state index in [1.54, 1.807) is 0 Å². The van der Waals surface area contributed by atoms with Gasteiger partial charge in [-0.25, -0.2) is 4.79 Å². The summed E-state index contributed by atoms with van der Waals surface area (Å²) in [5.74, 6) is -1.03. The predicted molar refractivity (Wildman–Crippen MR) is 48.4 cm³/mol. The number of H-pyrrole nitrogens is 1. The van der Waals surface area contributed by atoms with Gasteiger partial charge in [-0.05, 0) is 12.1 Å². The van der Waals surface area contributed by atoms with Gasteiger partial charge in [-0.15, -0.1) is 0 Å². The molecule has 0 bridgehead atoms. The van der Waals surface area contributed by atoms with Crippen molar-refractivity contribution in [2.24, 2.45) is 0 Å². The van der Waals surface area contributed by atoms with Crippen LogP contribution in [0.2, 0.25) is 0 Å². The van der Waals surface area contributed by atoms with Gasteiger partial charge in [0, 0.05) is 5.39 Å². The topological polar surface area (TPSA) is 83.0 Å². The number of rotatable bonds is 2. The van der Waals surface area contributed by atoms with E-state index in [0.29, 0.717) is 17.2 Å². The van der Waals surface area contributed by atoms with E-state index in [0.717, 1.165) is 0 Å². The van der Waals surface area contributed by atoms with Crippen LogP contribution in [-0.2, 0) is 0 Å². The number of nitrogens with zero attached hydrogens (tertiary/aromatic N) is 1. The molecule has 70 valence electrons. The number of carboxylic acids is 1. The average molecular weight is 190 g/mol. The Morgan fingerprint density at radius 3 is 2.93 bits per heavy atom. The van der Waals surface area contributed by atoms with Gasteiger partial charge in [-0.3, -0.25) is 9.78 Å². The molecule has 0 amide bonds. The summed E-state index contributed by atoms with van der Waals surface area (Å²) < 4.78 is 0. The van der Waals surface area contributed by atoms with Gasteiger partial charge >= 0.3 is 5.97 Å². The molecule has 0 saturated heterocycles. The minimum absolute atomic E-state index is 0.0878. The van der Waals surface area contributed by atoms with E-state index in [2.05, 4.69) is 9.97 Å². The minimum Gasteiger partial charge on any atom is -0.477 e. The molecule has 0 radical (unpaired) electrons. The van der Waals surface area contributed by atoms with Crippen molar-refractivity contribution in [1.82, 2.24) is 9.97 Å². The Kier molecular flexibility index (Phi) is 1.78. The van der Waals surface area contributed by atoms with Crippen LogP contribution in [0, 0.1) is 0 Å². The fourth-order valence-corrected chi connectivity index (χ4v) is 1.23. The number of fused-ring (bicyclic) bond motifs is 1. The van der Waals surface area contributed by atoms with E-state index >= 15 is 0 Å². The Hall–Kier alpha value is -2.17. The van der Waals surface area contributed by atoms with Crippen LogP contribution in [0.3, 0.4) is 0 Å². The van der Waals surface area contributed by atoms with E-state index in [9.17, 15) is 9.59 Å². The molecular formula is C9H6N2O3. The number of hydrogen-bond donors (Lipinski definition) is 2. The van der Waals surface area contributed by atoms with Gasteiger partial charge in [0.25, 0.3) is 0 Å². The van der Waals surface area contributed by atoms with Crippen LogP contribution in [0.4, 0.5) is 0 Å². The van der Waals surface area contributed by atoms with Crippen LogP contribution in [-0.4, -0.2) is 27.3 Å². The second-order valence-electron chi connectivity index (χ2n) is 2.80. The van der Waals surface area contributed by atoms with Crippen molar-refractivity contribution >= 4 is 23.2 Å². The minimum atomic E-state index is -1.03. The van der Waals surface area contributed by atoms with Crippen LogP contribution >= 0.6 is 0 Å². The molecule has 0 spiro atoms. The Morgan fingerprint density at radius 2 is 2.29 bits per heavy atom. The van der Waals surface area contributed by atoms with Crippen molar-refractivity contribution in [3.63, 3.8) is 0 Å². The molecule has 0 aliphatic heterocycles. The number of aromatic nitrogens is 2. The largest absolute Gasteiger partial charge is 0.477 e. The lowest BCUT2D eigenvalue weighted by Gasteiger charge is -1.89. The summed E-state index contributed by atoms with van der Waals surface area (Å²) in [5.41, 5.74) is 0.978. The maximum Gasteiger partial charge on any atom is 0.352 e. The highest BCUT2D eigenvalue weighted by atomic mass is 16.4. The monoisotopic (exact) mass is 190 g/mol. The van der Waals surface area contributed by atoms with E-state index in [1.165, 1.54) is 18.3 Å². The third-order valence-electron chi connectivity index (χ3n) is 1.88. The first kappa shape index (κ1) is 8.43. The number of hydrogen-bond acceptors (Lipinski definition) is 3. The van der Waals surface area contributed by atoms with Crippen molar-refractivity contribution in [3.05, 3.63) is 29.7 Å². The molecule has 0 aromatic carbocycles. The maximum atomic E-state index is 10.6. The number of aromatic carboxylic acids is 1. The number of aromatic amines is 1. The summed E-state index contributed by atoms with van der Waals surface area (Å²) in [7, 11) is 0. The highest BCUT2D eigenvalue weighted by molar-refractivity contribution is 5.94. The van der Waals surface area contributed by atoms with Gasteiger partial charge in [0.2, 0.25) is 0 Å². The maximum absolute atomic E-state index is 10.6. The number of aldehydes is 1. The van der Waals surface area contributed by atoms with Crippen LogP contribution in [0.5, 0.6) is 0 Å². The Labute approximate surface area is 78.4 Å². The zero-order valence-electron chi connectivity index (χ0n) is 7.02.